The Hall–Kier alpha value is -3.00. The highest BCUT2D eigenvalue weighted by Gasteiger charge is 2.31. The summed E-state index contributed by atoms with van der Waals surface area (Å²) in [5.74, 6) is 1.15. The molecule has 0 N–H and O–H groups in total. The minimum atomic E-state index is -3.51. The normalized spacial score (nSPS) is 13.3. The van der Waals surface area contributed by atoms with Crippen LogP contribution in [0.1, 0.15) is 34.9 Å². The van der Waals surface area contributed by atoms with Crippen molar-refractivity contribution < 1.29 is 8.42 Å². The molecule has 174 valence electrons. The molecule has 0 radical (unpaired) electrons. The van der Waals surface area contributed by atoms with Gasteiger partial charge in [0.25, 0.3) is 0 Å². The van der Waals surface area contributed by atoms with E-state index in [4.69, 9.17) is 4.98 Å². The van der Waals surface area contributed by atoms with Crippen LogP contribution in [-0.4, -0.2) is 49.3 Å². The highest BCUT2D eigenvalue weighted by Crippen LogP contribution is 2.36. The van der Waals surface area contributed by atoms with E-state index in [9.17, 15) is 8.42 Å². The van der Waals surface area contributed by atoms with Crippen molar-refractivity contribution in [3.63, 3.8) is 0 Å². The van der Waals surface area contributed by atoms with Gasteiger partial charge in [0.05, 0.1) is 0 Å². The van der Waals surface area contributed by atoms with Crippen LogP contribution in [0.25, 0.3) is 0 Å². The molecule has 1 aliphatic heterocycles. The van der Waals surface area contributed by atoms with Gasteiger partial charge in [-0.1, -0.05) is 23.8 Å². The molecular formula is C25H31N5O2S. The van der Waals surface area contributed by atoms with E-state index in [0.29, 0.717) is 18.9 Å². The summed E-state index contributed by atoms with van der Waals surface area (Å²) >= 11 is 0. The number of nitrogens with zero attached hydrogens (tertiary/aromatic N) is 5. The number of hydrogen-bond acceptors (Lipinski definition) is 7. The maximum absolute atomic E-state index is 12.7. The van der Waals surface area contributed by atoms with Gasteiger partial charge >= 0.3 is 0 Å². The molecule has 0 saturated heterocycles. The van der Waals surface area contributed by atoms with Gasteiger partial charge in [-0.25, -0.2) is 13.4 Å². The average molecular weight is 466 g/mol. The summed E-state index contributed by atoms with van der Waals surface area (Å²) in [6.07, 6.45) is 4.41. The fourth-order valence-electron chi connectivity index (χ4n) is 4.71. The third-order valence-corrected chi connectivity index (χ3v) is 7.09. The van der Waals surface area contributed by atoms with E-state index in [1.54, 1.807) is 6.20 Å². The molecule has 0 atom stereocenters. The van der Waals surface area contributed by atoms with Gasteiger partial charge in [-0.05, 0) is 57.4 Å². The van der Waals surface area contributed by atoms with Gasteiger partial charge in [-0.2, -0.15) is 4.98 Å². The maximum Gasteiger partial charge on any atom is 0.233 e. The van der Waals surface area contributed by atoms with Crippen molar-refractivity contribution >= 4 is 27.3 Å². The van der Waals surface area contributed by atoms with Crippen LogP contribution < -0.4 is 9.80 Å². The molecule has 4 rings (SSSR count). The van der Waals surface area contributed by atoms with Gasteiger partial charge in [-0.3, -0.25) is 4.98 Å². The minimum Gasteiger partial charge on any atom is -0.355 e. The van der Waals surface area contributed by atoms with E-state index in [2.05, 4.69) is 47.8 Å². The molecule has 33 heavy (non-hydrogen) atoms. The van der Waals surface area contributed by atoms with Crippen molar-refractivity contribution in [3.8, 4) is 0 Å². The van der Waals surface area contributed by atoms with Gasteiger partial charge in [-0.15, -0.1) is 0 Å². The fraction of sp³-hybridized carbons (Fsp3) is 0.400. The first-order chi connectivity index (χ1) is 15.7. The molecule has 3 aromatic rings. The summed E-state index contributed by atoms with van der Waals surface area (Å²) in [7, 11) is -3.51. The second-order valence-electron chi connectivity index (χ2n) is 8.70. The van der Waals surface area contributed by atoms with Crippen LogP contribution in [0.5, 0.6) is 0 Å². The Morgan fingerprint density at radius 2 is 1.82 bits per heavy atom. The van der Waals surface area contributed by atoms with Crippen molar-refractivity contribution in [1.82, 2.24) is 15.0 Å². The lowest BCUT2D eigenvalue weighted by Gasteiger charge is -2.27. The van der Waals surface area contributed by atoms with E-state index in [1.807, 2.05) is 30.0 Å². The Morgan fingerprint density at radius 3 is 2.42 bits per heavy atom. The highest BCUT2D eigenvalue weighted by atomic mass is 32.2. The molecule has 0 aliphatic carbocycles. The number of fused-ring (bicyclic) bond motifs is 1. The first-order valence-electron chi connectivity index (χ1n) is 11.3. The van der Waals surface area contributed by atoms with Crippen molar-refractivity contribution in [2.75, 3.05) is 35.7 Å². The first-order valence-corrected chi connectivity index (χ1v) is 13.2. The van der Waals surface area contributed by atoms with E-state index >= 15 is 0 Å². The van der Waals surface area contributed by atoms with Crippen molar-refractivity contribution in [3.05, 3.63) is 64.5 Å². The Morgan fingerprint density at radius 1 is 1.09 bits per heavy atom. The predicted molar refractivity (Wildman–Crippen MR) is 132 cm³/mol. The van der Waals surface area contributed by atoms with Crippen LogP contribution in [0.15, 0.2) is 41.6 Å². The molecule has 2 aromatic heterocycles. The summed E-state index contributed by atoms with van der Waals surface area (Å²) in [6, 6.07) is 10.2. The number of pyridine rings is 1. The van der Waals surface area contributed by atoms with Gasteiger partial charge in [0, 0.05) is 55.5 Å². The second kappa shape index (κ2) is 9.09. The molecule has 8 heteroatoms. The van der Waals surface area contributed by atoms with Crippen LogP contribution in [0.3, 0.4) is 0 Å². The highest BCUT2D eigenvalue weighted by molar-refractivity contribution is 7.90. The van der Waals surface area contributed by atoms with E-state index in [-0.39, 0.29) is 5.03 Å². The fourth-order valence-corrected chi connectivity index (χ4v) is 5.60. The molecule has 0 bridgehead atoms. The number of aryl methyl sites for hydroxylation is 3. The summed E-state index contributed by atoms with van der Waals surface area (Å²) < 4.78 is 25.4. The van der Waals surface area contributed by atoms with Crippen LogP contribution >= 0.6 is 0 Å². The number of aromatic nitrogens is 3. The smallest absolute Gasteiger partial charge is 0.233 e. The number of rotatable bonds is 7. The number of sulfone groups is 1. The molecule has 7 nitrogen and oxygen atoms in total. The Balaban J connectivity index is 1.79. The second-order valence-corrected chi connectivity index (χ2v) is 10.6. The van der Waals surface area contributed by atoms with E-state index in [0.717, 1.165) is 53.4 Å². The van der Waals surface area contributed by atoms with Crippen LogP contribution in [0.4, 0.5) is 17.5 Å². The van der Waals surface area contributed by atoms with E-state index in [1.165, 1.54) is 11.8 Å². The largest absolute Gasteiger partial charge is 0.355 e. The number of anilines is 3. The topological polar surface area (TPSA) is 79.3 Å². The lowest BCUT2D eigenvalue weighted by atomic mass is 10.0. The summed E-state index contributed by atoms with van der Waals surface area (Å²) in [5, 5.41) is 0.142. The van der Waals surface area contributed by atoms with E-state index < -0.39 is 9.84 Å². The molecule has 0 spiro atoms. The Kier molecular flexibility index (Phi) is 6.38. The molecule has 1 aliphatic rings. The zero-order chi connectivity index (χ0) is 23.8. The van der Waals surface area contributed by atoms with Crippen molar-refractivity contribution in [2.24, 2.45) is 0 Å². The molecule has 0 fully saturated rings. The molecule has 1 aromatic carbocycles. The minimum absolute atomic E-state index is 0.142. The maximum atomic E-state index is 12.7. The van der Waals surface area contributed by atoms with Gasteiger partial charge in [0.15, 0.2) is 14.9 Å². The lowest BCUT2D eigenvalue weighted by Crippen LogP contribution is -2.26. The average Bonchev–Trinajstić information content (AvgIpc) is 3.17. The molecular weight excluding hydrogens is 434 g/mol. The van der Waals surface area contributed by atoms with Crippen LogP contribution in [0.2, 0.25) is 0 Å². The molecule has 3 heterocycles. The monoisotopic (exact) mass is 465 g/mol. The third-order valence-electron chi connectivity index (χ3n) is 6.04. The molecule has 0 unspecified atom stereocenters. The third kappa shape index (κ3) is 4.71. The number of benzene rings is 1. The molecule has 0 saturated carbocycles. The first kappa shape index (κ1) is 23.2. The summed E-state index contributed by atoms with van der Waals surface area (Å²) in [4.78, 5) is 18.1. The van der Waals surface area contributed by atoms with Crippen LogP contribution in [-0.2, 0) is 22.7 Å². The predicted octanol–water partition coefficient (Wildman–Crippen LogP) is 3.96. The van der Waals surface area contributed by atoms with Gasteiger partial charge in [0.1, 0.15) is 5.82 Å². The van der Waals surface area contributed by atoms with Crippen molar-refractivity contribution in [2.45, 2.75) is 45.6 Å². The lowest BCUT2D eigenvalue weighted by molar-refractivity contribution is 0.596. The summed E-state index contributed by atoms with van der Waals surface area (Å²) in [6.45, 7) is 10.3. The van der Waals surface area contributed by atoms with Gasteiger partial charge < -0.3 is 9.80 Å². The quantitative estimate of drug-likeness (QED) is 0.489. The Labute approximate surface area is 196 Å². The zero-order valence-electron chi connectivity index (χ0n) is 20.0. The van der Waals surface area contributed by atoms with Crippen molar-refractivity contribution in [1.29, 1.82) is 0 Å². The number of hydrogen-bond donors (Lipinski definition) is 0. The zero-order valence-corrected chi connectivity index (χ0v) is 20.8. The van der Waals surface area contributed by atoms with Crippen LogP contribution in [0, 0.1) is 20.8 Å². The Bertz CT molecular complexity index is 1250. The molecule has 0 amide bonds. The van der Waals surface area contributed by atoms with Gasteiger partial charge in [0.2, 0.25) is 5.95 Å². The summed E-state index contributed by atoms with van der Waals surface area (Å²) in [5.41, 5.74) is 6.18. The SMILES string of the molecule is CCN(c1nc2c(c(S(C)(=O)=O)n1)CCN2CCc1ccccn1)c1c(C)cc(C)cc1C. The standard InChI is InChI=1S/C25H31N5O2S/c1-6-30(22-18(3)15-17(2)16-19(22)4)25-27-23-21(24(28-25)33(5,31)32)11-14-29(23)13-10-20-9-7-8-12-26-20/h7-9,12,15-16H,6,10-11,13-14H2,1-5H3.